The van der Waals surface area contributed by atoms with E-state index in [0.717, 1.165) is 5.92 Å². The van der Waals surface area contributed by atoms with E-state index in [1.165, 1.54) is 63.1 Å². The first kappa shape index (κ1) is 17.5. The van der Waals surface area contributed by atoms with Crippen LogP contribution in [0.4, 0.5) is 0 Å². The molecule has 1 fully saturated rings. The van der Waals surface area contributed by atoms with Crippen LogP contribution in [0.2, 0.25) is 0 Å². The Hall–Kier alpha value is 0.440. The Kier molecular flexibility index (Phi) is 7.39. The number of ether oxygens (including phenoxy) is 1. The van der Waals surface area contributed by atoms with Gasteiger partial charge in [-0.05, 0) is 63.7 Å². The predicted molar refractivity (Wildman–Crippen MR) is 88.0 cm³/mol. The third-order valence-corrected chi connectivity index (χ3v) is 6.41. The molecule has 0 aromatic rings. The maximum absolute atomic E-state index is 5.58. The van der Waals surface area contributed by atoms with Gasteiger partial charge >= 0.3 is 0 Å². The van der Waals surface area contributed by atoms with E-state index in [-0.39, 0.29) is 5.60 Å². The molecule has 0 N–H and O–H groups in total. The van der Waals surface area contributed by atoms with E-state index in [4.69, 9.17) is 4.74 Å². The number of methoxy groups -OCH3 is 1. The SMILES string of the molecule is CCCCC1CCC(CBr)(CCC(C)(C)OC)CC1. The molecule has 0 aliphatic heterocycles. The van der Waals surface area contributed by atoms with Crippen LogP contribution in [0.5, 0.6) is 0 Å². The molecule has 1 aliphatic carbocycles. The highest BCUT2D eigenvalue weighted by Gasteiger charge is 2.35. The molecule has 0 spiro atoms. The minimum Gasteiger partial charge on any atom is -0.379 e. The molecule has 2 heteroatoms. The first-order valence-electron chi connectivity index (χ1n) is 8.08. The van der Waals surface area contributed by atoms with Crippen LogP contribution < -0.4 is 0 Å². The third-order valence-electron chi connectivity index (χ3n) is 5.23. The summed E-state index contributed by atoms with van der Waals surface area (Å²) in [6.45, 7) is 6.72. The zero-order valence-corrected chi connectivity index (χ0v) is 15.0. The van der Waals surface area contributed by atoms with Gasteiger partial charge in [0, 0.05) is 12.4 Å². The summed E-state index contributed by atoms with van der Waals surface area (Å²) < 4.78 is 5.58. The Morgan fingerprint density at radius 3 is 2.37 bits per heavy atom. The molecule has 1 nitrogen and oxygen atoms in total. The summed E-state index contributed by atoms with van der Waals surface area (Å²) in [6.07, 6.45) is 12.4. The second-order valence-electron chi connectivity index (χ2n) is 7.18. The molecule has 0 radical (unpaired) electrons. The summed E-state index contributed by atoms with van der Waals surface area (Å²) in [7, 11) is 1.84. The molecule has 19 heavy (non-hydrogen) atoms. The molecular weight excluding hydrogens is 300 g/mol. The van der Waals surface area contributed by atoms with Crippen molar-refractivity contribution in [3.8, 4) is 0 Å². The smallest absolute Gasteiger partial charge is 0.0623 e. The third kappa shape index (κ3) is 5.75. The van der Waals surface area contributed by atoms with Gasteiger partial charge in [-0.3, -0.25) is 0 Å². The quantitative estimate of drug-likeness (QED) is 0.499. The number of rotatable bonds is 8. The van der Waals surface area contributed by atoms with E-state index in [9.17, 15) is 0 Å². The van der Waals surface area contributed by atoms with Gasteiger partial charge in [0.05, 0.1) is 5.60 Å². The minimum atomic E-state index is 0.0359. The summed E-state index contributed by atoms with van der Waals surface area (Å²) >= 11 is 3.79. The molecule has 0 aromatic carbocycles. The Bertz CT molecular complexity index is 242. The van der Waals surface area contributed by atoms with Crippen LogP contribution in [0.15, 0.2) is 0 Å². The topological polar surface area (TPSA) is 9.23 Å². The van der Waals surface area contributed by atoms with Crippen molar-refractivity contribution in [1.82, 2.24) is 0 Å². The lowest BCUT2D eigenvalue weighted by atomic mass is 9.67. The molecule has 0 aromatic heterocycles. The summed E-state index contributed by atoms with van der Waals surface area (Å²) in [4.78, 5) is 0. The number of alkyl halides is 1. The second-order valence-corrected chi connectivity index (χ2v) is 7.74. The fraction of sp³-hybridized carbons (Fsp3) is 1.00. The maximum atomic E-state index is 5.58. The molecule has 1 saturated carbocycles. The van der Waals surface area contributed by atoms with E-state index in [2.05, 4.69) is 36.7 Å². The van der Waals surface area contributed by atoms with E-state index >= 15 is 0 Å². The van der Waals surface area contributed by atoms with Crippen LogP contribution >= 0.6 is 15.9 Å². The lowest BCUT2D eigenvalue weighted by molar-refractivity contribution is 0.000212. The molecule has 0 heterocycles. The summed E-state index contributed by atoms with van der Waals surface area (Å²) in [5.41, 5.74) is 0.576. The van der Waals surface area contributed by atoms with Crippen molar-refractivity contribution in [2.45, 2.75) is 84.2 Å². The first-order valence-corrected chi connectivity index (χ1v) is 9.20. The Morgan fingerprint density at radius 2 is 1.89 bits per heavy atom. The van der Waals surface area contributed by atoms with Crippen molar-refractivity contribution in [3.05, 3.63) is 0 Å². The highest BCUT2D eigenvalue weighted by Crippen LogP contribution is 2.45. The van der Waals surface area contributed by atoms with Crippen molar-refractivity contribution < 1.29 is 4.74 Å². The van der Waals surface area contributed by atoms with E-state index in [1.54, 1.807) is 0 Å². The Labute approximate surface area is 129 Å². The van der Waals surface area contributed by atoms with E-state index in [1.807, 2.05) is 7.11 Å². The van der Waals surface area contributed by atoms with Crippen LogP contribution in [0.1, 0.15) is 78.6 Å². The molecule has 0 saturated heterocycles. The van der Waals surface area contributed by atoms with E-state index < -0.39 is 0 Å². The first-order chi connectivity index (χ1) is 8.97. The predicted octanol–water partition coefficient (Wildman–Crippen LogP) is 5.95. The fourth-order valence-corrected chi connectivity index (χ4v) is 4.03. The van der Waals surface area contributed by atoms with Gasteiger partial charge in [-0.15, -0.1) is 0 Å². The Balaban J connectivity index is 2.42. The second kappa shape index (κ2) is 8.02. The van der Waals surface area contributed by atoms with Crippen LogP contribution in [-0.2, 0) is 4.74 Å². The molecule has 0 amide bonds. The molecular formula is C17H33BrO. The molecule has 114 valence electrons. The van der Waals surface area contributed by atoms with Crippen molar-refractivity contribution in [3.63, 3.8) is 0 Å². The number of unbranched alkanes of at least 4 members (excludes halogenated alkanes) is 1. The van der Waals surface area contributed by atoms with Gasteiger partial charge in [0.15, 0.2) is 0 Å². The van der Waals surface area contributed by atoms with Crippen LogP contribution in [0, 0.1) is 11.3 Å². The highest BCUT2D eigenvalue weighted by molar-refractivity contribution is 9.09. The normalized spacial score (nSPS) is 28.6. The lowest BCUT2D eigenvalue weighted by Gasteiger charge is -2.41. The highest BCUT2D eigenvalue weighted by atomic mass is 79.9. The maximum Gasteiger partial charge on any atom is 0.0623 e. The zero-order chi connectivity index (χ0) is 14.4. The van der Waals surface area contributed by atoms with Crippen LogP contribution in [-0.4, -0.2) is 18.0 Å². The summed E-state index contributed by atoms with van der Waals surface area (Å²) in [6, 6.07) is 0. The van der Waals surface area contributed by atoms with Crippen molar-refractivity contribution in [2.24, 2.45) is 11.3 Å². The molecule has 1 rings (SSSR count). The summed E-state index contributed by atoms with van der Waals surface area (Å²) in [5, 5.41) is 1.17. The Morgan fingerprint density at radius 1 is 1.26 bits per heavy atom. The van der Waals surface area contributed by atoms with Gasteiger partial charge in [-0.2, -0.15) is 0 Å². The zero-order valence-electron chi connectivity index (χ0n) is 13.4. The van der Waals surface area contributed by atoms with Gasteiger partial charge in [-0.25, -0.2) is 0 Å². The van der Waals surface area contributed by atoms with Crippen LogP contribution in [0.3, 0.4) is 0 Å². The molecule has 0 unspecified atom stereocenters. The van der Waals surface area contributed by atoms with Gasteiger partial charge < -0.3 is 4.74 Å². The number of hydrogen-bond acceptors (Lipinski definition) is 1. The van der Waals surface area contributed by atoms with Crippen LogP contribution in [0.25, 0.3) is 0 Å². The molecule has 0 atom stereocenters. The summed E-state index contributed by atoms with van der Waals surface area (Å²) in [5.74, 6) is 1.00. The van der Waals surface area contributed by atoms with Gasteiger partial charge in [-0.1, -0.05) is 42.1 Å². The largest absolute Gasteiger partial charge is 0.379 e. The van der Waals surface area contributed by atoms with Crippen molar-refractivity contribution in [2.75, 3.05) is 12.4 Å². The number of halogens is 1. The van der Waals surface area contributed by atoms with Crippen molar-refractivity contribution in [1.29, 1.82) is 0 Å². The lowest BCUT2D eigenvalue weighted by Crippen LogP contribution is -2.33. The fourth-order valence-electron chi connectivity index (χ4n) is 3.19. The minimum absolute atomic E-state index is 0.0359. The van der Waals surface area contributed by atoms with Gasteiger partial charge in [0.1, 0.15) is 0 Å². The van der Waals surface area contributed by atoms with Gasteiger partial charge in [0.25, 0.3) is 0 Å². The van der Waals surface area contributed by atoms with Gasteiger partial charge in [0.2, 0.25) is 0 Å². The van der Waals surface area contributed by atoms with Crippen molar-refractivity contribution >= 4 is 15.9 Å². The number of hydrogen-bond donors (Lipinski definition) is 0. The average molecular weight is 333 g/mol. The average Bonchev–Trinajstić information content (AvgIpc) is 2.44. The molecule has 0 bridgehead atoms. The standard InChI is InChI=1S/C17H33BrO/c1-5-6-7-15-8-10-17(14-18,11-9-15)13-12-16(2,3)19-4/h15H,5-14H2,1-4H3. The van der Waals surface area contributed by atoms with E-state index in [0.29, 0.717) is 5.41 Å². The monoisotopic (exact) mass is 332 g/mol. The molecule has 1 aliphatic rings.